The number of hydrogen-bond donors (Lipinski definition) is 1. The fourth-order valence-corrected chi connectivity index (χ4v) is 5.03. The predicted octanol–water partition coefficient (Wildman–Crippen LogP) is 4.90. The molecule has 12 heteroatoms. The molecule has 1 aliphatic rings. The second kappa shape index (κ2) is 10.4. The zero-order valence-corrected chi connectivity index (χ0v) is 22.8. The number of hydrogen-bond acceptors (Lipinski definition) is 9. The highest BCUT2D eigenvalue weighted by Crippen LogP contribution is 2.34. The minimum Gasteiger partial charge on any atom is -0.457 e. The van der Waals surface area contributed by atoms with E-state index in [-0.39, 0.29) is 39.9 Å². The van der Waals surface area contributed by atoms with Crippen molar-refractivity contribution in [3.8, 4) is 11.5 Å². The lowest BCUT2D eigenvalue weighted by molar-refractivity contribution is -0.131. The molecule has 11 nitrogen and oxygen atoms in total. The van der Waals surface area contributed by atoms with Crippen molar-refractivity contribution in [2.45, 2.75) is 26.2 Å². The maximum absolute atomic E-state index is 16.1. The summed E-state index contributed by atoms with van der Waals surface area (Å²) in [5.74, 6) is -0.667. The van der Waals surface area contributed by atoms with E-state index in [9.17, 15) is 4.79 Å². The van der Waals surface area contributed by atoms with Gasteiger partial charge in [0.2, 0.25) is 5.91 Å². The molecule has 1 fully saturated rings. The summed E-state index contributed by atoms with van der Waals surface area (Å²) in [6.07, 6.45) is 2.58. The molecule has 0 saturated carbocycles. The number of rotatable bonds is 6. The van der Waals surface area contributed by atoms with Gasteiger partial charge in [0.05, 0.1) is 22.3 Å². The highest BCUT2D eigenvalue weighted by Gasteiger charge is 2.36. The van der Waals surface area contributed by atoms with Crippen molar-refractivity contribution in [1.82, 2.24) is 34.8 Å². The van der Waals surface area contributed by atoms with Gasteiger partial charge in [-0.05, 0) is 63.2 Å². The zero-order chi connectivity index (χ0) is 34.6. The van der Waals surface area contributed by atoms with Crippen LogP contribution in [0, 0.1) is 12.7 Å². The number of benzene rings is 2. The van der Waals surface area contributed by atoms with Crippen LogP contribution in [0.5, 0.6) is 11.5 Å². The molecule has 1 amide bonds. The number of carbonyl (C=O) groups is 1. The molecule has 5 aromatic rings. The van der Waals surface area contributed by atoms with Crippen molar-refractivity contribution in [3.05, 3.63) is 72.8 Å². The Morgan fingerprint density at radius 1 is 1.17 bits per heavy atom. The number of halogens is 1. The number of piperazine rings is 1. The lowest BCUT2D eigenvalue weighted by Gasteiger charge is -2.47. The van der Waals surface area contributed by atoms with E-state index in [2.05, 4.69) is 32.2 Å². The molecule has 42 heavy (non-hydrogen) atoms. The van der Waals surface area contributed by atoms with Gasteiger partial charge in [0, 0.05) is 46.5 Å². The summed E-state index contributed by atoms with van der Waals surface area (Å²) >= 11 is 0. The average Bonchev–Trinajstić information content (AvgIpc) is 3.45. The van der Waals surface area contributed by atoms with Crippen LogP contribution in [0.1, 0.15) is 27.6 Å². The first-order valence-electron chi connectivity index (χ1n) is 16.0. The van der Waals surface area contributed by atoms with Gasteiger partial charge in [0.15, 0.2) is 11.6 Å². The summed E-state index contributed by atoms with van der Waals surface area (Å²) in [5, 5.41) is 10.4. The van der Waals surface area contributed by atoms with E-state index in [1.165, 1.54) is 42.7 Å². The third-order valence-electron chi connectivity index (χ3n) is 7.14. The monoisotopic (exact) mass is 573 g/mol. The number of anilines is 3. The smallest absolute Gasteiger partial charge is 0.246 e. The molecule has 2 aromatic carbocycles. The number of fused-ring (bicyclic) bond motifs is 2. The van der Waals surface area contributed by atoms with E-state index in [1.807, 2.05) is 18.7 Å². The maximum atomic E-state index is 16.1. The number of pyridine rings is 1. The SMILES string of the molecule is [2H]C([2H])([2H])c1c(Oc2ccc3c(c2)nnn3C([2H])([2H])[2H])ccc(Nc2ncnc3ccc(N4CCN(C(=O)C=C)C(C)(C)C4)nc23)c1F. The van der Waals surface area contributed by atoms with Gasteiger partial charge < -0.3 is 19.9 Å². The summed E-state index contributed by atoms with van der Waals surface area (Å²) in [6, 6.07) is 10.4. The number of nitrogens with one attached hydrogen (secondary N) is 1. The summed E-state index contributed by atoms with van der Waals surface area (Å²) < 4.78 is 69.7. The first-order valence-corrected chi connectivity index (χ1v) is 13.0. The van der Waals surface area contributed by atoms with Crippen LogP contribution in [-0.2, 0) is 11.8 Å². The van der Waals surface area contributed by atoms with Crippen molar-refractivity contribution >= 4 is 45.3 Å². The number of amides is 1. The average molecular weight is 574 g/mol. The van der Waals surface area contributed by atoms with Crippen LogP contribution in [0.25, 0.3) is 22.1 Å². The Morgan fingerprint density at radius 2 is 2.05 bits per heavy atom. The van der Waals surface area contributed by atoms with E-state index in [0.717, 1.165) is 4.68 Å². The van der Waals surface area contributed by atoms with Crippen molar-refractivity contribution in [1.29, 1.82) is 0 Å². The second-order valence-corrected chi connectivity index (χ2v) is 10.4. The summed E-state index contributed by atoms with van der Waals surface area (Å²) in [4.78, 5) is 29.5. The quantitative estimate of drug-likeness (QED) is 0.283. The van der Waals surface area contributed by atoms with Gasteiger partial charge in [0.1, 0.15) is 34.7 Å². The van der Waals surface area contributed by atoms with Crippen molar-refractivity contribution < 1.29 is 22.1 Å². The predicted molar refractivity (Wildman–Crippen MR) is 159 cm³/mol. The van der Waals surface area contributed by atoms with Crippen LogP contribution in [0.3, 0.4) is 0 Å². The zero-order valence-electron chi connectivity index (χ0n) is 28.8. The van der Waals surface area contributed by atoms with Crippen LogP contribution >= 0.6 is 0 Å². The fraction of sp³-hybridized carbons (Fsp3) is 0.267. The molecule has 1 N–H and O–H groups in total. The highest BCUT2D eigenvalue weighted by atomic mass is 19.1. The van der Waals surface area contributed by atoms with Crippen LogP contribution in [0.2, 0.25) is 0 Å². The molecule has 0 bridgehead atoms. The Kier molecular flexibility index (Phi) is 5.11. The van der Waals surface area contributed by atoms with Gasteiger partial charge >= 0.3 is 0 Å². The van der Waals surface area contributed by atoms with Gasteiger partial charge in [0.25, 0.3) is 0 Å². The standard InChI is InChI=1S/C30H30FN9O2/c1-6-26(41)40-14-13-39(16-30(40,3)4)25-12-9-21-28(35-25)29(33-17-32-21)34-20-8-11-24(18(2)27(20)31)42-19-7-10-23-22(15-19)36-37-38(23)5/h6-12,15,17H,1,13-14,16H2,2-5H3,(H,32,33,34)/i2D3,5D3. The molecule has 3 aromatic heterocycles. The van der Waals surface area contributed by atoms with Crippen molar-refractivity contribution in [3.63, 3.8) is 0 Å². The van der Waals surface area contributed by atoms with Crippen LogP contribution in [0.4, 0.5) is 21.7 Å². The number of nitrogens with zero attached hydrogens (tertiary/aromatic N) is 8. The Morgan fingerprint density at radius 3 is 2.83 bits per heavy atom. The molecular weight excluding hydrogens is 537 g/mol. The summed E-state index contributed by atoms with van der Waals surface area (Å²) in [6.45, 7) is 3.50. The Labute approximate surface area is 250 Å². The van der Waals surface area contributed by atoms with Gasteiger partial charge in [-0.1, -0.05) is 11.8 Å². The normalized spacial score (nSPS) is 17.5. The van der Waals surface area contributed by atoms with Crippen LogP contribution < -0.4 is 15.0 Å². The maximum Gasteiger partial charge on any atom is 0.246 e. The molecule has 1 aliphatic heterocycles. The molecule has 214 valence electrons. The Balaban J connectivity index is 1.31. The molecular formula is C30H30FN9O2. The number of aryl methyl sites for hydroxylation is 1. The number of ether oxygens (including phenoxy) is 1. The van der Waals surface area contributed by atoms with Crippen molar-refractivity contribution in [2.24, 2.45) is 6.98 Å². The third kappa shape index (κ3) is 4.84. The molecule has 0 radical (unpaired) electrons. The number of aromatic nitrogens is 6. The van der Waals surface area contributed by atoms with Crippen LogP contribution in [-0.4, -0.2) is 65.9 Å². The molecule has 0 aliphatic carbocycles. The first-order chi connectivity index (χ1) is 22.6. The second-order valence-electron chi connectivity index (χ2n) is 10.4. The lowest BCUT2D eigenvalue weighted by atomic mass is 9.98. The molecule has 6 rings (SSSR count). The third-order valence-corrected chi connectivity index (χ3v) is 7.14. The molecule has 0 spiro atoms. The van der Waals surface area contributed by atoms with Crippen LogP contribution in [0.15, 0.2) is 61.4 Å². The Bertz CT molecular complexity index is 2070. The Hall–Kier alpha value is -5.13. The number of carbonyl (C=O) groups excluding carboxylic acids is 1. The topological polar surface area (TPSA) is 114 Å². The van der Waals surface area contributed by atoms with Crippen molar-refractivity contribution in [2.75, 3.05) is 29.9 Å². The molecule has 0 atom stereocenters. The lowest BCUT2D eigenvalue weighted by Crippen LogP contribution is -2.61. The van der Waals surface area contributed by atoms with Gasteiger partial charge in [-0.25, -0.2) is 24.0 Å². The summed E-state index contributed by atoms with van der Waals surface area (Å²) in [5.41, 5.74) is -0.170. The molecule has 0 unspecified atom stereocenters. The highest BCUT2D eigenvalue weighted by molar-refractivity contribution is 5.89. The van der Waals surface area contributed by atoms with Gasteiger partial charge in [-0.2, -0.15) is 0 Å². The first kappa shape index (κ1) is 20.7. The van der Waals surface area contributed by atoms with E-state index in [1.54, 1.807) is 17.0 Å². The molecule has 1 saturated heterocycles. The van der Waals surface area contributed by atoms with Gasteiger partial charge in [-0.3, -0.25) is 4.79 Å². The minimum absolute atomic E-state index is 0.0992. The summed E-state index contributed by atoms with van der Waals surface area (Å²) in [7, 11) is 0. The molecule has 4 heterocycles. The largest absolute Gasteiger partial charge is 0.457 e. The van der Waals surface area contributed by atoms with E-state index in [0.29, 0.717) is 36.5 Å². The van der Waals surface area contributed by atoms with E-state index < -0.39 is 30.7 Å². The van der Waals surface area contributed by atoms with E-state index >= 15 is 4.39 Å². The van der Waals surface area contributed by atoms with E-state index in [4.69, 9.17) is 17.9 Å². The van der Waals surface area contributed by atoms with Gasteiger partial charge in [-0.15, -0.1) is 5.10 Å². The minimum atomic E-state index is -2.92. The fourth-order valence-electron chi connectivity index (χ4n) is 5.03.